The second-order valence-corrected chi connectivity index (χ2v) is 18.6. The lowest BCUT2D eigenvalue weighted by atomic mass is 9.99. The van der Waals surface area contributed by atoms with Crippen molar-refractivity contribution in [2.75, 3.05) is 6.61 Å². The van der Waals surface area contributed by atoms with Crippen molar-refractivity contribution >= 4 is 14.3 Å². The molecular formula is C35H55NO4Si. The maximum absolute atomic E-state index is 13.2. The molecule has 5 nitrogen and oxygen atoms in total. The van der Waals surface area contributed by atoms with Crippen LogP contribution >= 0.6 is 0 Å². The van der Waals surface area contributed by atoms with Gasteiger partial charge in [-0.3, -0.25) is 4.90 Å². The van der Waals surface area contributed by atoms with Gasteiger partial charge in [0.1, 0.15) is 5.60 Å². The zero-order valence-corrected chi connectivity index (χ0v) is 28.1. The third-order valence-corrected chi connectivity index (χ3v) is 14.1. The summed E-state index contributed by atoms with van der Waals surface area (Å²) in [5.41, 5.74) is 3.07. The van der Waals surface area contributed by atoms with E-state index < -0.39 is 32.0 Å². The summed E-state index contributed by atoms with van der Waals surface area (Å²) < 4.78 is 12.4. The lowest BCUT2D eigenvalue weighted by Gasteiger charge is -2.42. The quantitative estimate of drug-likeness (QED) is 0.0989. The summed E-state index contributed by atoms with van der Waals surface area (Å²) in [6.07, 6.45) is 3.39. The number of ether oxygens (including phenoxy) is 1. The van der Waals surface area contributed by atoms with E-state index in [2.05, 4.69) is 83.7 Å². The van der Waals surface area contributed by atoms with Crippen molar-refractivity contribution in [2.45, 2.75) is 123 Å². The van der Waals surface area contributed by atoms with Crippen LogP contribution in [0.1, 0.15) is 92.8 Å². The molecule has 0 fully saturated rings. The van der Waals surface area contributed by atoms with Crippen molar-refractivity contribution in [3.05, 3.63) is 83.9 Å². The fourth-order valence-electron chi connectivity index (χ4n) is 6.16. The highest BCUT2D eigenvalue weighted by molar-refractivity contribution is 6.77. The van der Waals surface area contributed by atoms with Crippen LogP contribution < -0.4 is 0 Å². The lowest BCUT2D eigenvalue weighted by molar-refractivity contribution is -0.168. The molecule has 41 heavy (non-hydrogen) atoms. The SMILES string of the molecule is CC(C)[Si](OCC/C=C/[C@H]([C@@H](O)C(=O)OC(C)(C)C)N(Cc1ccccc1)[C@H](C)c1ccccc1)(C(C)C)C(C)C. The third kappa shape index (κ3) is 9.92. The Bertz CT molecular complexity index is 1040. The second-order valence-electron chi connectivity index (χ2n) is 13.1. The molecule has 0 aliphatic rings. The third-order valence-electron chi connectivity index (χ3n) is 8.02. The number of hydrogen-bond donors (Lipinski definition) is 1. The van der Waals surface area contributed by atoms with Gasteiger partial charge in [0.25, 0.3) is 0 Å². The molecule has 6 heteroatoms. The molecule has 0 saturated heterocycles. The number of carbonyl (C=O) groups excluding carboxylic acids is 1. The van der Waals surface area contributed by atoms with E-state index in [1.807, 2.05) is 63.2 Å². The molecule has 0 unspecified atom stereocenters. The molecule has 0 aliphatic carbocycles. The average Bonchev–Trinajstić information content (AvgIpc) is 2.90. The molecule has 2 rings (SSSR count). The van der Waals surface area contributed by atoms with Crippen molar-refractivity contribution in [2.24, 2.45) is 0 Å². The van der Waals surface area contributed by atoms with Gasteiger partial charge in [0.05, 0.1) is 6.04 Å². The van der Waals surface area contributed by atoms with E-state index >= 15 is 0 Å². The first kappa shape index (κ1) is 34.9. The van der Waals surface area contributed by atoms with Crippen molar-refractivity contribution in [1.82, 2.24) is 4.90 Å². The van der Waals surface area contributed by atoms with Gasteiger partial charge in [0.15, 0.2) is 14.4 Å². The summed E-state index contributed by atoms with van der Waals surface area (Å²) in [7, 11) is -1.97. The van der Waals surface area contributed by atoms with Gasteiger partial charge in [-0.05, 0) is 61.9 Å². The van der Waals surface area contributed by atoms with Crippen LogP contribution in [0.2, 0.25) is 16.6 Å². The predicted molar refractivity (Wildman–Crippen MR) is 173 cm³/mol. The molecule has 0 amide bonds. The highest BCUT2D eigenvalue weighted by atomic mass is 28.4. The number of rotatable bonds is 15. The summed E-state index contributed by atoms with van der Waals surface area (Å²) >= 11 is 0. The first-order valence-corrected chi connectivity index (χ1v) is 17.4. The van der Waals surface area contributed by atoms with E-state index in [0.717, 1.165) is 11.1 Å². The Balaban J connectivity index is 2.42. The summed E-state index contributed by atoms with van der Waals surface area (Å²) in [6, 6.07) is 19.7. The van der Waals surface area contributed by atoms with Crippen molar-refractivity contribution < 1.29 is 19.1 Å². The Hall–Kier alpha value is -2.25. The van der Waals surface area contributed by atoms with Crippen LogP contribution in [0.25, 0.3) is 0 Å². The Morgan fingerprint density at radius 3 is 1.88 bits per heavy atom. The van der Waals surface area contributed by atoms with Crippen molar-refractivity contribution in [1.29, 1.82) is 0 Å². The Morgan fingerprint density at radius 1 is 0.878 bits per heavy atom. The number of nitrogens with zero attached hydrogens (tertiary/aromatic N) is 1. The van der Waals surface area contributed by atoms with Crippen LogP contribution in [0.15, 0.2) is 72.8 Å². The average molecular weight is 582 g/mol. The van der Waals surface area contributed by atoms with Crippen LogP contribution in [0, 0.1) is 0 Å². The minimum absolute atomic E-state index is 0.0673. The molecule has 2 aromatic rings. The topological polar surface area (TPSA) is 59.0 Å². The summed E-state index contributed by atoms with van der Waals surface area (Å²) in [5, 5.41) is 11.5. The zero-order valence-electron chi connectivity index (χ0n) is 27.1. The molecule has 0 saturated carbocycles. The van der Waals surface area contributed by atoms with Crippen LogP contribution in [0.4, 0.5) is 0 Å². The fraction of sp³-hybridized carbons (Fsp3) is 0.571. The van der Waals surface area contributed by atoms with Gasteiger partial charge in [-0.2, -0.15) is 0 Å². The van der Waals surface area contributed by atoms with Crippen LogP contribution in [0.5, 0.6) is 0 Å². The normalized spacial score (nSPS) is 15.2. The Kier molecular flexibility index (Phi) is 13.5. The van der Waals surface area contributed by atoms with Gasteiger partial charge >= 0.3 is 5.97 Å². The predicted octanol–water partition coefficient (Wildman–Crippen LogP) is 8.46. The molecule has 2 aromatic carbocycles. The molecule has 1 N–H and O–H groups in total. The highest BCUT2D eigenvalue weighted by Gasteiger charge is 2.44. The molecule has 0 bridgehead atoms. The monoisotopic (exact) mass is 581 g/mol. The number of aliphatic hydroxyl groups excluding tert-OH is 1. The molecule has 0 radical (unpaired) electrons. The Morgan fingerprint density at radius 2 is 1.39 bits per heavy atom. The van der Waals surface area contributed by atoms with E-state index in [0.29, 0.717) is 36.2 Å². The van der Waals surface area contributed by atoms with Crippen LogP contribution in [-0.2, 0) is 20.5 Å². The Labute approximate surface area is 251 Å². The first-order valence-electron chi connectivity index (χ1n) is 15.3. The second kappa shape index (κ2) is 15.8. The van der Waals surface area contributed by atoms with E-state index in [1.165, 1.54) is 0 Å². The summed E-state index contributed by atoms with van der Waals surface area (Å²) in [5.74, 6) is -0.618. The van der Waals surface area contributed by atoms with E-state index in [4.69, 9.17) is 9.16 Å². The molecular weight excluding hydrogens is 526 g/mol. The molecule has 3 atom stereocenters. The molecule has 0 aromatic heterocycles. The molecule has 228 valence electrons. The van der Waals surface area contributed by atoms with Crippen LogP contribution in [0.3, 0.4) is 0 Å². The zero-order chi connectivity index (χ0) is 30.8. The van der Waals surface area contributed by atoms with Gasteiger partial charge in [0, 0.05) is 19.2 Å². The number of esters is 1. The molecule has 0 spiro atoms. The molecule has 0 aliphatic heterocycles. The van der Waals surface area contributed by atoms with E-state index in [-0.39, 0.29) is 6.04 Å². The molecule has 0 heterocycles. The smallest absolute Gasteiger partial charge is 0.337 e. The maximum atomic E-state index is 13.2. The summed E-state index contributed by atoms with van der Waals surface area (Å²) in [6.45, 7) is 22.5. The van der Waals surface area contributed by atoms with Gasteiger partial charge in [0.2, 0.25) is 0 Å². The standard InChI is InChI=1S/C35H55NO4Si/c1-26(2)41(27(3)4,28(5)6)39-24-18-17-23-32(33(37)34(38)40-35(8,9)10)36(25-30-19-13-11-14-20-30)29(7)31-21-15-12-16-22-31/h11-17,19-23,26-29,32-33,37H,18,24-25H2,1-10H3/b23-17+/t29-,32-,33-/m1/s1. The van der Waals surface area contributed by atoms with Gasteiger partial charge < -0.3 is 14.3 Å². The highest BCUT2D eigenvalue weighted by Crippen LogP contribution is 2.42. The number of benzene rings is 2. The van der Waals surface area contributed by atoms with Crippen molar-refractivity contribution in [3.8, 4) is 0 Å². The lowest BCUT2D eigenvalue weighted by Crippen LogP contribution is -2.48. The van der Waals surface area contributed by atoms with E-state index in [1.54, 1.807) is 0 Å². The fourth-order valence-corrected chi connectivity index (χ4v) is 11.6. The maximum Gasteiger partial charge on any atom is 0.337 e. The number of hydrogen-bond acceptors (Lipinski definition) is 5. The van der Waals surface area contributed by atoms with Gasteiger partial charge in [-0.1, -0.05) is 114 Å². The first-order chi connectivity index (χ1) is 19.2. The minimum atomic E-state index is -1.97. The summed E-state index contributed by atoms with van der Waals surface area (Å²) in [4.78, 5) is 15.4. The van der Waals surface area contributed by atoms with Crippen LogP contribution in [-0.4, -0.2) is 48.6 Å². The van der Waals surface area contributed by atoms with Gasteiger partial charge in [-0.25, -0.2) is 4.79 Å². The van der Waals surface area contributed by atoms with E-state index in [9.17, 15) is 9.90 Å². The minimum Gasteiger partial charge on any atom is -0.458 e. The number of carbonyl (C=O) groups is 1. The largest absolute Gasteiger partial charge is 0.458 e. The van der Waals surface area contributed by atoms with Gasteiger partial charge in [-0.15, -0.1) is 0 Å². The van der Waals surface area contributed by atoms with Crippen molar-refractivity contribution in [3.63, 3.8) is 0 Å². The number of aliphatic hydroxyl groups is 1.